The molecule has 1 aliphatic rings. The zero-order valence-electron chi connectivity index (χ0n) is 16.0. The Kier molecular flexibility index (Phi) is 5.16. The maximum atomic E-state index is 4.46. The quantitative estimate of drug-likeness (QED) is 0.699. The van der Waals surface area contributed by atoms with E-state index in [2.05, 4.69) is 63.0 Å². The fourth-order valence-corrected chi connectivity index (χ4v) is 3.60. The molecule has 0 unspecified atom stereocenters. The van der Waals surface area contributed by atoms with Gasteiger partial charge in [0, 0.05) is 56.9 Å². The van der Waals surface area contributed by atoms with Crippen molar-refractivity contribution >= 4 is 5.82 Å². The van der Waals surface area contributed by atoms with Crippen LogP contribution in [0.15, 0.2) is 49.1 Å². The number of hydrogen-bond acceptors (Lipinski definition) is 5. The molecule has 0 atom stereocenters. The van der Waals surface area contributed by atoms with E-state index >= 15 is 0 Å². The summed E-state index contributed by atoms with van der Waals surface area (Å²) in [4.78, 5) is 13.7. The van der Waals surface area contributed by atoms with Crippen LogP contribution in [-0.4, -0.2) is 50.8 Å². The summed E-state index contributed by atoms with van der Waals surface area (Å²) in [5.74, 6) is 1.05. The highest BCUT2D eigenvalue weighted by Crippen LogP contribution is 2.20. The summed E-state index contributed by atoms with van der Waals surface area (Å²) in [6.07, 6.45) is 6.46. The van der Waals surface area contributed by atoms with E-state index in [1.807, 2.05) is 23.1 Å². The van der Waals surface area contributed by atoms with Gasteiger partial charge in [0.1, 0.15) is 12.1 Å². The number of rotatable bonds is 5. The summed E-state index contributed by atoms with van der Waals surface area (Å²) in [5, 5.41) is 4.41. The number of benzene rings is 1. The van der Waals surface area contributed by atoms with Crippen LogP contribution in [0, 0.1) is 6.92 Å². The molecule has 4 rings (SSSR count). The van der Waals surface area contributed by atoms with Gasteiger partial charge >= 0.3 is 0 Å². The summed E-state index contributed by atoms with van der Waals surface area (Å²) < 4.78 is 1.96. The largest absolute Gasteiger partial charge is 0.354 e. The Morgan fingerprint density at radius 1 is 1.04 bits per heavy atom. The molecule has 1 saturated heterocycles. The van der Waals surface area contributed by atoms with Crippen molar-refractivity contribution in [1.29, 1.82) is 0 Å². The Bertz CT molecular complexity index is 881. The van der Waals surface area contributed by atoms with Crippen molar-refractivity contribution in [3.8, 4) is 5.69 Å². The monoisotopic (exact) mass is 362 g/mol. The molecule has 140 valence electrons. The minimum absolute atomic E-state index is 0.939. The van der Waals surface area contributed by atoms with Gasteiger partial charge in [-0.15, -0.1) is 0 Å². The Hall–Kier alpha value is -2.73. The van der Waals surface area contributed by atoms with E-state index < -0.39 is 0 Å². The van der Waals surface area contributed by atoms with Crippen molar-refractivity contribution in [2.24, 2.45) is 0 Å². The molecule has 0 N–H and O–H groups in total. The van der Waals surface area contributed by atoms with Gasteiger partial charge in [0.15, 0.2) is 0 Å². The molecule has 0 aliphatic carbocycles. The van der Waals surface area contributed by atoms with Crippen LogP contribution in [0.4, 0.5) is 5.82 Å². The fraction of sp³-hybridized carbons (Fsp3) is 0.381. The maximum absolute atomic E-state index is 4.46. The second-order valence-electron chi connectivity index (χ2n) is 7.07. The van der Waals surface area contributed by atoms with Crippen molar-refractivity contribution in [3.05, 3.63) is 65.9 Å². The van der Waals surface area contributed by atoms with Gasteiger partial charge in [-0.3, -0.25) is 4.90 Å². The summed E-state index contributed by atoms with van der Waals surface area (Å²) in [6, 6.07) is 10.7. The molecule has 2 aromatic heterocycles. The van der Waals surface area contributed by atoms with Crippen molar-refractivity contribution < 1.29 is 0 Å². The zero-order chi connectivity index (χ0) is 18.6. The van der Waals surface area contributed by atoms with E-state index in [0.29, 0.717) is 0 Å². The summed E-state index contributed by atoms with van der Waals surface area (Å²) >= 11 is 0. The van der Waals surface area contributed by atoms with E-state index in [1.165, 1.54) is 11.1 Å². The van der Waals surface area contributed by atoms with E-state index in [-0.39, 0.29) is 0 Å². The molecule has 27 heavy (non-hydrogen) atoms. The second kappa shape index (κ2) is 7.88. The van der Waals surface area contributed by atoms with Gasteiger partial charge in [-0.05, 0) is 31.0 Å². The average Bonchev–Trinajstić information content (AvgIpc) is 3.23. The third kappa shape index (κ3) is 4.01. The molecular weight excluding hydrogens is 336 g/mol. The Morgan fingerprint density at radius 2 is 1.89 bits per heavy atom. The van der Waals surface area contributed by atoms with Crippen LogP contribution in [0.25, 0.3) is 5.69 Å². The molecule has 6 nitrogen and oxygen atoms in total. The molecule has 0 bridgehead atoms. The number of aromatic nitrogens is 4. The molecule has 0 saturated carbocycles. The molecule has 6 heteroatoms. The first-order valence-electron chi connectivity index (χ1n) is 9.60. The Labute approximate surface area is 160 Å². The van der Waals surface area contributed by atoms with Gasteiger partial charge in [0.2, 0.25) is 0 Å². The molecular formula is C21H26N6. The Morgan fingerprint density at radius 3 is 2.63 bits per heavy atom. The SMILES string of the molecule is CCc1cc(N2CCN(Cc3cc(C)ccc3-n3cccn3)CC2)ncn1. The topological polar surface area (TPSA) is 50.1 Å². The summed E-state index contributed by atoms with van der Waals surface area (Å²) in [6.45, 7) is 9.24. The van der Waals surface area contributed by atoms with Gasteiger partial charge in [0.25, 0.3) is 0 Å². The fourth-order valence-electron chi connectivity index (χ4n) is 3.60. The van der Waals surface area contributed by atoms with E-state index in [9.17, 15) is 0 Å². The number of hydrogen-bond donors (Lipinski definition) is 0. The standard InChI is InChI=1S/C21H26N6/c1-3-19-14-21(23-16-22-19)26-11-9-25(10-12-26)15-18-13-17(2)5-6-20(18)27-8-4-7-24-27/h4-8,13-14,16H,3,9-12,15H2,1-2H3. The summed E-state index contributed by atoms with van der Waals surface area (Å²) in [5.41, 5.74) is 4.87. The van der Waals surface area contributed by atoms with Gasteiger partial charge < -0.3 is 4.90 Å². The van der Waals surface area contributed by atoms with Gasteiger partial charge in [0.05, 0.1) is 5.69 Å². The van der Waals surface area contributed by atoms with Crippen molar-refractivity contribution in [2.75, 3.05) is 31.1 Å². The van der Waals surface area contributed by atoms with Crippen molar-refractivity contribution in [3.63, 3.8) is 0 Å². The molecule has 3 heterocycles. The molecule has 0 spiro atoms. The lowest BCUT2D eigenvalue weighted by Crippen LogP contribution is -2.46. The minimum atomic E-state index is 0.939. The van der Waals surface area contributed by atoms with Crippen molar-refractivity contribution in [2.45, 2.75) is 26.8 Å². The van der Waals surface area contributed by atoms with Crippen LogP contribution < -0.4 is 4.90 Å². The van der Waals surface area contributed by atoms with E-state index in [0.717, 1.165) is 56.3 Å². The average molecular weight is 362 g/mol. The summed E-state index contributed by atoms with van der Waals surface area (Å²) in [7, 11) is 0. The highest BCUT2D eigenvalue weighted by molar-refractivity contribution is 5.43. The molecule has 0 radical (unpaired) electrons. The number of piperazine rings is 1. The first kappa shape index (κ1) is 17.7. The first-order chi connectivity index (χ1) is 13.2. The van der Waals surface area contributed by atoms with Crippen LogP contribution in [-0.2, 0) is 13.0 Å². The van der Waals surface area contributed by atoms with Crippen LogP contribution in [0.2, 0.25) is 0 Å². The Balaban J connectivity index is 1.44. The third-order valence-corrected chi connectivity index (χ3v) is 5.15. The van der Waals surface area contributed by atoms with Crippen LogP contribution in [0.5, 0.6) is 0 Å². The van der Waals surface area contributed by atoms with Crippen molar-refractivity contribution in [1.82, 2.24) is 24.6 Å². The number of aryl methyl sites for hydroxylation is 2. The molecule has 1 aromatic carbocycles. The molecule has 1 aliphatic heterocycles. The number of nitrogens with zero attached hydrogens (tertiary/aromatic N) is 6. The molecule has 0 amide bonds. The van der Waals surface area contributed by atoms with E-state index in [4.69, 9.17) is 0 Å². The zero-order valence-corrected chi connectivity index (χ0v) is 16.0. The normalized spacial score (nSPS) is 15.3. The number of anilines is 1. The predicted octanol–water partition coefficient (Wildman–Crippen LogP) is 2.86. The van der Waals surface area contributed by atoms with Crippen LogP contribution in [0.3, 0.4) is 0 Å². The van der Waals surface area contributed by atoms with E-state index in [1.54, 1.807) is 6.33 Å². The lowest BCUT2D eigenvalue weighted by Gasteiger charge is -2.35. The maximum Gasteiger partial charge on any atom is 0.132 e. The first-order valence-corrected chi connectivity index (χ1v) is 9.60. The van der Waals surface area contributed by atoms with Gasteiger partial charge in [-0.25, -0.2) is 14.6 Å². The highest BCUT2D eigenvalue weighted by atomic mass is 15.3. The van der Waals surface area contributed by atoms with Crippen LogP contribution in [0.1, 0.15) is 23.7 Å². The lowest BCUT2D eigenvalue weighted by molar-refractivity contribution is 0.249. The predicted molar refractivity (Wildman–Crippen MR) is 107 cm³/mol. The molecule has 1 fully saturated rings. The smallest absolute Gasteiger partial charge is 0.132 e. The van der Waals surface area contributed by atoms with Gasteiger partial charge in [-0.1, -0.05) is 24.6 Å². The van der Waals surface area contributed by atoms with Gasteiger partial charge in [-0.2, -0.15) is 5.10 Å². The van der Waals surface area contributed by atoms with Crippen LogP contribution >= 0.6 is 0 Å². The third-order valence-electron chi connectivity index (χ3n) is 5.15. The highest BCUT2D eigenvalue weighted by Gasteiger charge is 2.19. The second-order valence-corrected chi connectivity index (χ2v) is 7.07. The minimum Gasteiger partial charge on any atom is -0.354 e. The molecule has 3 aromatic rings. The lowest BCUT2D eigenvalue weighted by atomic mass is 10.1.